The van der Waals surface area contributed by atoms with E-state index in [0.29, 0.717) is 10.2 Å². The zero-order valence-corrected chi connectivity index (χ0v) is 15.0. The third-order valence-corrected chi connectivity index (χ3v) is 4.87. The van der Waals surface area contributed by atoms with Gasteiger partial charge in [0.05, 0.1) is 11.7 Å². The van der Waals surface area contributed by atoms with Crippen LogP contribution in [0.25, 0.3) is 10.2 Å². The maximum absolute atomic E-state index is 12.4. The van der Waals surface area contributed by atoms with Crippen molar-refractivity contribution in [2.24, 2.45) is 0 Å². The van der Waals surface area contributed by atoms with Gasteiger partial charge in [-0.15, -0.1) is 11.3 Å². The number of nitrogens with zero attached hydrogens (tertiary/aromatic N) is 2. The van der Waals surface area contributed by atoms with Gasteiger partial charge < -0.3 is 5.32 Å². The molecule has 0 saturated heterocycles. The Morgan fingerprint density at radius 3 is 2.87 bits per heavy atom. The maximum atomic E-state index is 12.4. The molecule has 23 heavy (non-hydrogen) atoms. The van der Waals surface area contributed by atoms with Crippen molar-refractivity contribution in [3.63, 3.8) is 0 Å². The highest BCUT2D eigenvalue weighted by Crippen LogP contribution is 2.21. The van der Waals surface area contributed by atoms with Crippen molar-refractivity contribution in [2.45, 2.75) is 20.4 Å². The number of carbonyl (C=O) groups is 1. The molecule has 1 N–H and O–H groups in total. The molecule has 3 rings (SSSR count). The highest BCUT2D eigenvalue weighted by atomic mass is 79.9. The van der Waals surface area contributed by atoms with Crippen molar-refractivity contribution in [2.75, 3.05) is 5.32 Å². The molecule has 0 fully saturated rings. The predicted octanol–water partition coefficient (Wildman–Crippen LogP) is 3.48. The Morgan fingerprint density at radius 2 is 2.13 bits per heavy atom. The molecule has 118 valence electrons. The SMILES string of the molecule is Cc1cc2c(=O)n(CC(=O)Nc3ccc(Br)cc3C)cnc2s1. The molecule has 0 bridgehead atoms. The number of nitrogens with one attached hydrogen (secondary N) is 1. The Labute approximate surface area is 145 Å². The van der Waals surface area contributed by atoms with Crippen molar-refractivity contribution in [1.82, 2.24) is 9.55 Å². The summed E-state index contributed by atoms with van der Waals surface area (Å²) in [6, 6.07) is 7.41. The largest absolute Gasteiger partial charge is 0.324 e. The number of fused-ring (bicyclic) bond motifs is 1. The lowest BCUT2D eigenvalue weighted by Gasteiger charge is -2.09. The Kier molecular flexibility index (Phi) is 4.32. The molecule has 0 radical (unpaired) electrons. The van der Waals surface area contributed by atoms with E-state index in [4.69, 9.17) is 0 Å². The number of halogens is 1. The quantitative estimate of drug-likeness (QED) is 0.743. The Morgan fingerprint density at radius 1 is 1.35 bits per heavy atom. The van der Waals surface area contributed by atoms with Gasteiger partial charge in [-0.25, -0.2) is 4.98 Å². The fourth-order valence-corrected chi connectivity index (χ4v) is 3.62. The smallest absolute Gasteiger partial charge is 0.262 e. The molecule has 0 aliphatic rings. The van der Waals surface area contributed by atoms with E-state index in [2.05, 4.69) is 26.2 Å². The normalized spacial score (nSPS) is 10.9. The highest BCUT2D eigenvalue weighted by Gasteiger charge is 2.11. The summed E-state index contributed by atoms with van der Waals surface area (Å²) in [7, 11) is 0. The van der Waals surface area contributed by atoms with Crippen LogP contribution < -0.4 is 10.9 Å². The lowest BCUT2D eigenvalue weighted by Crippen LogP contribution is -2.27. The van der Waals surface area contributed by atoms with Gasteiger partial charge in [-0.05, 0) is 43.7 Å². The second kappa shape index (κ2) is 6.25. The van der Waals surface area contributed by atoms with Crippen LogP contribution in [0.5, 0.6) is 0 Å². The number of thiophene rings is 1. The van der Waals surface area contributed by atoms with Crippen LogP contribution in [0.1, 0.15) is 10.4 Å². The van der Waals surface area contributed by atoms with E-state index in [-0.39, 0.29) is 18.0 Å². The zero-order chi connectivity index (χ0) is 16.6. The van der Waals surface area contributed by atoms with Crippen LogP contribution in [0.2, 0.25) is 0 Å². The molecule has 7 heteroatoms. The summed E-state index contributed by atoms with van der Waals surface area (Å²) in [5.41, 5.74) is 1.48. The topological polar surface area (TPSA) is 64.0 Å². The first-order valence-corrected chi connectivity index (χ1v) is 8.56. The molecule has 2 aromatic heterocycles. The number of carbonyl (C=O) groups excluding carboxylic acids is 1. The minimum Gasteiger partial charge on any atom is -0.324 e. The summed E-state index contributed by atoms with van der Waals surface area (Å²) in [4.78, 5) is 30.6. The molecule has 0 atom stereocenters. The van der Waals surface area contributed by atoms with Gasteiger partial charge in [-0.1, -0.05) is 15.9 Å². The third kappa shape index (κ3) is 3.35. The summed E-state index contributed by atoms with van der Waals surface area (Å²) in [5, 5.41) is 3.38. The first-order chi connectivity index (χ1) is 10.9. The molecule has 0 unspecified atom stereocenters. The fraction of sp³-hybridized carbons (Fsp3) is 0.188. The van der Waals surface area contributed by atoms with E-state index < -0.39 is 0 Å². The molecule has 0 spiro atoms. The van der Waals surface area contributed by atoms with Gasteiger partial charge in [0.15, 0.2) is 0 Å². The standard InChI is InChI=1S/C16H14BrN3O2S/c1-9-5-11(17)3-4-13(9)19-14(21)7-20-8-18-15-12(16(20)22)6-10(2)23-15/h3-6,8H,7H2,1-2H3,(H,19,21). The second-order valence-corrected chi connectivity index (χ2v) is 7.41. The number of aromatic nitrogens is 2. The molecular weight excluding hydrogens is 378 g/mol. The lowest BCUT2D eigenvalue weighted by molar-refractivity contribution is -0.116. The Bertz CT molecular complexity index is 962. The van der Waals surface area contributed by atoms with Crippen LogP contribution in [0.3, 0.4) is 0 Å². The van der Waals surface area contributed by atoms with Gasteiger partial charge in [-0.2, -0.15) is 0 Å². The van der Waals surface area contributed by atoms with Crippen LogP contribution in [0, 0.1) is 13.8 Å². The number of hydrogen-bond donors (Lipinski definition) is 1. The van der Waals surface area contributed by atoms with Crippen molar-refractivity contribution in [3.05, 3.63) is 55.9 Å². The second-order valence-electron chi connectivity index (χ2n) is 5.26. The number of hydrogen-bond acceptors (Lipinski definition) is 4. The van der Waals surface area contributed by atoms with Gasteiger partial charge >= 0.3 is 0 Å². The Hall–Kier alpha value is -1.99. The van der Waals surface area contributed by atoms with E-state index in [1.807, 2.05) is 38.1 Å². The number of aryl methyl sites for hydroxylation is 2. The van der Waals surface area contributed by atoms with Crippen LogP contribution in [-0.4, -0.2) is 15.5 Å². The van der Waals surface area contributed by atoms with Crippen LogP contribution in [-0.2, 0) is 11.3 Å². The molecule has 1 aromatic carbocycles. The third-order valence-electron chi connectivity index (χ3n) is 3.42. The lowest BCUT2D eigenvalue weighted by atomic mass is 10.2. The first-order valence-electron chi connectivity index (χ1n) is 6.95. The van der Waals surface area contributed by atoms with E-state index in [0.717, 1.165) is 20.6 Å². The highest BCUT2D eigenvalue weighted by molar-refractivity contribution is 9.10. The molecule has 0 aliphatic carbocycles. The summed E-state index contributed by atoms with van der Waals surface area (Å²) in [6.45, 7) is 3.78. The molecule has 2 heterocycles. The minimum absolute atomic E-state index is 0.0633. The van der Waals surface area contributed by atoms with Crippen LogP contribution in [0.15, 0.2) is 39.9 Å². The summed E-state index contributed by atoms with van der Waals surface area (Å²) in [6.07, 6.45) is 1.43. The minimum atomic E-state index is -0.259. The van der Waals surface area contributed by atoms with E-state index >= 15 is 0 Å². The first kappa shape index (κ1) is 15.9. The van der Waals surface area contributed by atoms with Crippen LogP contribution in [0.4, 0.5) is 5.69 Å². The van der Waals surface area contributed by atoms with E-state index in [1.165, 1.54) is 22.2 Å². The van der Waals surface area contributed by atoms with Crippen LogP contribution >= 0.6 is 27.3 Å². The summed E-state index contributed by atoms with van der Waals surface area (Å²) in [5.74, 6) is -0.259. The van der Waals surface area contributed by atoms with Gasteiger partial charge in [-0.3, -0.25) is 14.2 Å². The Balaban J connectivity index is 1.82. The van der Waals surface area contributed by atoms with E-state index in [9.17, 15) is 9.59 Å². The van der Waals surface area contributed by atoms with Gasteiger partial charge in [0.2, 0.25) is 5.91 Å². The monoisotopic (exact) mass is 391 g/mol. The average molecular weight is 392 g/mol. The van der Waals surface area contributed by atoms with Crippen molar-refractivity contribution in [1.29, 1.82) is 0 Å². The van der Waals surface area contributed by atoms with Crippen molar-refractivity contribution < 1.29 is 4.79 Å². The maximum Gasteiger partial charge on any atom is 0.262 e. The summed E-state index contributed by atoms with van der Waals surface area (Å²) < 4.78 is 2.28. The number of anilines is 1. The molecule has 1 amide bonds. The number of benzene rings is 1. The average Bonchev–Trinajstić information content (AvgIpc) is 2.87. The molecule has 5 nitrogen and oxygen atoms in total. The van der Waals surface area contributed by atoms with Crippen molar-refractivity contribution >= 4 is 49.1 Å². The molecule has 3 aromatic rings. The van der Waals surface area contributed by atoms with Gasteiger partial charge in [0.25, 0.3) is 5.56 Å². The van der Waals surface area contributed by atoms with E-state index in [1.54, 1.807) is 0 Å². The zero-order valence-electron chi connectivity index (χ0n) is 12.6. The van der Waals surface area contributed by atoms with Gasteiger partial charge in [0, 0.05) is 15.0 Å². The molecule has 0 saturated carbocycles. The predicted molar refractivity (Wildman–Crippen MR) is 96.1 cm³/mol. The van der Waals surface area contributed by atoms with Gasteiger partial charge in [0.1, 0.15) is 11.4 Å². The molecule has 0 aliphatic heterocycles. The number of amides is 1. The summed E-state index contributed by atoms with van der Waals surface area (Å²) >= 11 is 4.86. The molecular formula is C16H14BrN3O2S. The van der Waals surface area contributed by atoms with Crippen molar-refractivity contribution in [3.8, 4) is 0 Å². The fourth-order valence-electron chi connectivity index (χ4n) is 2.30. The number of rotatable bonds is 3.